The molecule has 5 aromatic rings. The molecule has 1 saturated heterocycles. The maximum Gasteiger partial charge on any atom is 0.330 e. The van der Waals surface area contributed by atoms with E-state index in [1.807, 2.05) is 6.92 Å². The van der Waals surface area contributed by atoms with E-state index >= 15 is 0 Å². The number of aromatic nitrogens is 4. The second kappa shape index (κ2) is 12.4. The predicted molar refractivity (Wildman–Crippen MR) is 188 cm³/mol. The number of ether oxygens (including phenoxy) is 2. The van der Waals surface area contributed by atoms with E-state index in [1.165, 1.54) is 15.9 Å². The van der Waals surface area contributed by atoms with E-state index in [0.29, 0.717) is 36.9 Å². The van der Waals surface area contributed by atoms with Crippen LogP contribution in [0, 0.1) is 6.92 Å². The maximum absolute atomic E-state index is 13.6. The number of benzene rings is 3. The highest BCUT2D eigenvalue weighted by atomic mass is 28.4. The van der Waals surface area contributed by atoms with Crippen molar-refractivity contribution in [1.29, 1.82) is 0 Å². The van der Waals surface area contributed by atoms with Crippen LogP contribution in [-0.4, -0.2) is 53.3 Å². The topological polar surface area (TPSA) is 92.4 Å². The number of rotatable bonds is 8. The summed E-state index contributed by atoms with van der Waals surface area (Å²) in [6, 6.07) is 25.4. The molecule has 0 aliphatic carbocycles. The van der Waals surface area contributed by atoms with Gasteiger partial charge in [-0.15, -0.1) is 0 Å². The molecule has 9 nitrogen and oxygen atoms in total. The van der Waals surface area contributed by atoms with Crippen LogP contribution in [0.25, 0.3) is 11.2 Å². The van der Waals surface area contributed by atoms with Gasteiger partial charge in [0.2, 0.25) is 5.95 Å². The van der Waals surface area contributed by atoms with Crippen LogP contribution in [0.2, 0.25) is 5.04 Å². The Balaban J connectivity index is 1.11. The highest BCUT2D eigenvalue weighted by Crippen LogP contribution is 2.38. The second-order valence-electron chi connectivity index (χ2n) is 13.8. The number of aryl methyl sites for hydroxylation is 2. The number of anilines is 2. The van der Waals surface area contributed by atoms with Gasteiger partial charge in [-0.25, -0.2) is 9.78 Å². The van der Waals surface area contributed by atoms with Crippen LogP contribution in [0.15, 0.2) is 83.8 Å². The van der Waals surface area contributed by atoms with E-state index in [-0.39, 0.29) is 22.9 Å². The minimum atomic E-state index is -2.67. The van der Waals surface area contributed by atoms with Gasteiger partial charge in [0.05, 0.1) is 38.2 Å². The van der Waals surface area contributed by atoms with E-state index in [2.05, 4.69) is 104 Å². The van der Waals surface area contributed by atoms with Gasteiger partial charge in [0, 0.05) is 19.2 Å². The quantitative estimate of drug-likeness (QED) is 0.225. The molecule has 0 amide bonds. The smallest absolute Gasteiger partial charge is 0.330 e. The molecule has 244 valence electrons. The summed E-state index contributed by atoms with van der Waals surface area (Å²) >= 11 is 0. The van der Waals surface area contributed by atoms with Gasteiger partial charge in [-0.1, -0.05) is 81.4 Å². The highest BCUT2D eigenvalue weighted by molar-refractivity contribution is 6.99. The molecule has 1 N–H and O–H groups in total. The van der Waals surface area contributed by atoms with Crippen molar-refractivity contribution >= 4 is 41.5 Å². The predicted octanol–water partition coefficient (Wildman–Crippen LogP) is 5.41. The third-order valence-corrected chi connectivity index (χ3v) is 14.7. The molecule has 2 aliphatic heterocycles. The van der Waals surface area contributed by atoms with Crippen LogP contribution in [-0.2, 0) is 22.6 Å². The van der Waals surface area contributed by atoms with Crippen molar-refractivity contribution in [1.82, 2.24) is 19.1 Å². The monoisotopic (exact) mass is 649 g/mol. The van der Waals surface area contributed by atoms with Gasteiger partial charge in [0.1, 0.15) is 11.3 Å². The summed E-state index contributed by atoms with van der Waals surface area (Å²) in [5.41, 5.74) is 4.33. The first-order valence-corrected chi connectivity index (χ1v) is 18.4. The zero-order chi connectivity index (χ0) is 32.8. The zero-order valence-electron chi connectivity index (χ0n) is 27.8. The summed E-state index contributed by atoms with van der Waals surface area (Å²) < 4.78 is 22.8. The molecule has 2 atom stereocenters. The Morgan fingerprint density at radius 2 is 1.72 bits per heavy atom. The molecule has 3 aromatic carbocycles. The Hall–Kier alpha value is -4.25. The lowest BCUT2D eigenvalue weighted by Gasteiger charge is -2.44. The Morgan fingerprint density at radius 3 is 2.36 bits per heavy atom. The SMILES string of the molecule is Cc1cc2c(cc1Nc1ncc3c(n1)n(C1CCC(CO[Si](c4ccccc4)(c4ccccc4)C(C)(C)C)OC1)c(=O)n3C)CCO2. The molecule has 2 aromatic heterocycles. The Labute approximate surface area is 276 Å². The maximum atomic E-state index is 13.6. The Bertz CT molecular complexity index is 1900. The summed E-state index contributed by atoms with van der Waals surface area (Å²) in [7, 11) is -0.904. The summed E-state index contributed by atoms with van der Waals surface area (Å²) in [6.45, 7) is 10.5. The van der Waals surface area contributed by atoms with Gasteiger partial charge < -0.3 is 19.2 Å². The molecule has 2 aliphatic rings. The van der Waals surface area contributed by atoms with Crippen molar-refractivity contribution in [2.24, 2.45) is 7.05 Å². The van der Waals surface area contributed by atoms with Crippen molar-refractivity contribution in [2.45, 2.75) is 64.1 Å². The molecule has 4 heterocycles. The number of nitrogens with zero attached hydrogens (tertiary/aromatic N) is 4. The van der Waals surface area contributed by atoms with Crippen molar-refractivity contribution in [3.05, 3.63) is 101 Å². The molecule has 7 rings (SSSR count). The Kier molecular flexibility index (Phi) is 8.28. The molecule has 1 fully saturated rings. The molecule has 0 radical (unpaired) electrons. The third-order valence-electron chi connectivity index (χ3n) is 9.73. The van der Waals surface area contributed by atoms with E-state index in [9.17, 15) is 4.79 Å². The van der Waals surface area contributed by atoms with E-state index < -0.39 is 8.32 Å². The van der Waals surface area contributed by atoms with Crippen molar-refractivity contribution in [2.75, 3.05) is 25.1 Å². The van der Waals surface area contributed by atoms with Gasteiger partial charge in [-0.05, 0) is 58.4 Å². The van der Waals surface area contributed by atoms with Gasteiger partial charge in [-0.3, -0.25) is 9.13 Å². The first-order valence-electron chi connectivity index (χ1n) is 16.5. The molecule has 47 heavy (non-hydrogen) atoms. The number of fused-ring (bicyclic) bond motifs is 2. The van der Waals surface area contributed by atoms with Crippen molar-refractivity contribution in [3.8, 4) is 5.75 Å². The van der Waals surface area contributed by atoms with Crippen LogP contribution >= 0.6 is 0 Å². The van der Waals surface area contributed by atoms with Crippen LogP contribution in [0.3, 0.4) is 0 Å². The molecule has 0 bridgehead atoms. The van der Waals surface area contributed by atoms with Crippen LogP contribution in [0.5, 0.6) is 5.75 Å². The number of imidazole rings is 1. The molecule has 0 spiro atoms. The first kappa shape index (κ1) is 31.4. The summed E-state index contributed by atoms with van der Waals surface area (Å²) in [4.78, 5) is 23.0. The van der Waals surface area contributed by atoms with Crippen LogP contribution < -0.4 is 26.1 Å². The normalized spacial score (nSPS) is 18.2. The fourth-order valence-electron chi connectivity index (χ4n) is 7.21. The third kappa shape index (κ3) is 5.68. The number of hydrogen-bond acceptors (Lipinski definition) is 7. The van der Waals surface area contributed by atoms with Gasteiger partial charge in [-0.2, -0.15) is 4.98 Å². The van der Waals surface area contributed by atoms with Crippen LogP contribution in [0.1, 0.15) is 50.8 Å². The minimum Gasteiger partial charge on any atom is -0.493 e. The molecular weight excluding hydrogens is 607 g/mol. The first-order chi connectivity index (χ1) is 22.7. The van der Waals surface area contributed by atoms with Gasteiger partial charge in [0.15, 0.2) is 5.65 Å². The lowest BCUT2D eigenvalue weighted by molar-refractivity contribution is -0.0355. The summed E-state index contributed by atoms with van der Waals surface area (Å²) in [6.07, 6.45) is 4.09. The minimum absolute atomic E-state index is 0.0720. The largest absolute Gasteiger partial charge is 0.493 e. The van der Waals surface area contributed by atoms with E-state index in [1.54, 1.807) is 22.4 Å². The summed E-state index contributed by atoms with van der Waals surface area (Å²) in [5, 5.41) is 5.78. The molecule has 0 saturated carbocycles. The lowest BCUT2D eigenvalue weighted by Crippen LogP contribution is -2.67. The summed E-state index contributed by atoms with van der Waals surface area (Å²) in [5.74, 6) is 1.39. The molecule has 2 unspecified atom stereocenters. The zero-order valence-corrected chi connectivity index (χ0v) is 28.8. The standard InChI is InChI=1S/C37H43N5O4Si/c1-25-20-33-26(18-19-44-33)21-31(25)39-35-38-22-32-34(40-35)42(36(43)41(32)5)27-16-17-28(45-23-27)24-46-47(37(2,3)4,29-12-8-6-9-13-29)30-14-10-7-11-15-30/h6-15,20-22,27-28H,16-19,23-24H2,1-5H3,(H,38,39,40). The van der Waals surface area contributed by atoms with E-state index in [0.717, 1.165) is 36.3 Å². The Morgan fingerprint density at radius 1 is 1.02 bits per heavy atom. The van der Waals surface area contributed by atoms with Gasteiger partial charge >= 0.3 is 5.69 Å². The lowest BCUT2D eigenvalue weighted by atomic mass is 10.1. The fraction of sp³-hybridized carbons (Fsp3) is 0.378. The molecule has 10 heteroatoms. The van der Waals surface area contributed by atoms with Gasteiger partial charge in [0.25, 0.3) is 8.32 Å². The van der Waals surface area contributed by atoms with E-state index in [4.69, 9.17) is 18.9 Å². The van der Waals surface area contributed by atoms with Crippen molar-refractivity contribution in [3.63, 3.8) is 0 Å². The fourth-order valence-corrected chi connectivity index (χ4v) is 11.8. The molecular formula is C37H43N5O4Si. The number of nitrogens with one attached hydrogen (secondary N) is 1. The highest BCUT2D eigenvalue weighted by Gasteiger charge is 2.50. The average molecular weight is 650 g/mol. The van der Waals surface area contributed by atoms with Crippen LogP contribution in [0.4, 0.5) is 11.6 Å². The second-order valence-corrected chi connectivity index (χ2v) is 18.1. The average Bonchev–Trinajstić information content (AvgIpc) is 3.62. The number of hydrogen-bond donors (Lipinski definition) is 1. The van der Waals surface area contributed by atoms with Crippen molar-refractivity contribution < 1.29 is 13.9 Å².